The van der Waals surface area contributed by atoms with E-state index in [1.165, 1.54) is 4.31 Å². The Morgan fingerprint density at radius 3 is 2.45 bits per heavy atom. The highest BCUT2D eigenvalue weighted by atomic mass is 32.2. The van der Waals surface area contributed by atoms with Crippen LogP contribution in [0.4, 0.5) is 5.69 Å². The molecule has 152 valence electrons. The molecule has 0 saturated heterocycles. The maximum atomic E-state index is 13.0. The van der Waals surface area contributed by atoms with Crippen LogP contribution in [0.25, 0.3) is 5.69 Å². The minimum Gasteiger partial charge on any atom is -0.350 e. The van der Waals surface area contributed by atoms with Gasteiger partial charge in [-0.05, 0) is 30.2 Å². The topological polar surface area (TPSA) is 84.3 Å². The largest absolute Gasteiger partial charge is 0.350 e. The number of nitrogens with zero attached hydrogens (tertiary/aromatic N) is 3. The summed E-state index contributed by atoms with van der Waals surface area (Å²) in [5.41, 5.74) is 2.27. The summed E-state index contributed by atoms with van der Waals surface area (Å²) in [5, 5.41) is 2.90. The number of hydrogen-bond acceptors (Lipinski definition) is 4. The molecule has 7 nitrogen and oxygen atoms in total. The van der Waals surface area contributed by atoms with Crippen LogP contribution < -0.4 is 9.62 Å². The maximum Gasteiger partial charge on any atom is 0.244 e. The fourth-order valence-corrected chi connectivity index (χ4v) is 4.46. The summed E-state index contributed by atoms with van der Waals surface area (Å²) in [6, 6.07) is 15.5. The van der Waals surface area contributed by atoms with Crippen molar-refractivity contribution in [3.8, 4) is 5.69 Å². The van der Waals surface area contributed by atoms with Gasteiger partial charge in [0.1, 0.15) is 6.04 Å². The van der Waals surface area contributed by atoms with Crippen LogP contribution in [0, 0.1) is 0 Å². The van der Waals surface area contributed by atoms with Gasteiger partial charge in [-0.3, -0.25) is 9.10 Å². The van der Waals surface area contributed by atoms with Crippen LogP contribution in [0.2, 0.25) is 0 Å². The summed E-state index contributed by atoms with van der Waals surface area (Å²) in [5.74, 6) is -0.345. The molecule has 0 radical (unpaired) electrons. The average molecular weight is 413 g/mol. The van der Waals surface area contributed by atoms with E-state index in [9.17, 15) is 13.2 Å². The van der Waals surface area contributed by atoms with Crippen molar-refractivity contribution in [2.24, 2.45) is 0 Å². The van der Waals surface area contributed by atoms with Crippen molar-refractivity contribution in [2.75, 3.05) is 10.6 Å². The van der Waals surface area contributed by atoms with Crippen molar-refractivity contribution in [1.29, 1.82) is 0 Å². The number of benzene rings is 2. The summed E-state index contributed by atoms with van der Waals surface area (Å²) < 4.78 is 28.0. The number of anilines is 1. The molecule has 0 spiro atoms. The molecule has 1 N–H and O–H groups in total. The maximum absolute atomic E-state index is 13.0. The third-order valence-corrected chi connectivity index (χ3v) is 5.75. The summed E-state index contributed by atoms with van der Waals surface area (Å²) in [6.45, 7) is 2.07. The van der Waals surface area contributed by atoms with E-state index in [1.807, 2.05) is 35.0 Å². The molecule has 29 heavy (non-hydrogen) atoms. The number of aromatic nitrogens is 2. The normalized spacial score (nSPS) is 12.3. The van der Waals surface area contributed by atoms with Gasteiger partial charge in [-0.2, -0.15) is 0 Å². The Morgan fingerprint density at radius 2 is 1.83 bits per heavy atom. The van der Waals surface area contributed by atoms with Crippen LogP contribution in [0.3, 0.4) is 0 Å². The van der Waals surface area contributed by atoms with Crippen molar-refractivity contribution >= 4 is 21.6 Å². The van der Waals surface area contributed by atoms with Crippen molar-refractivity contribution < 1.29 is 13.2 Å². The third-order valence-electron chi connectivity index (χ3n) is 4.57. The van der Waals surface area contributed by atoms with Gasteiger partial charge in [-0.25, -0.2) is 13.4 Å². The van der Waals surface area contributed by atoms with E-state index in [4.69, 9.17) is 0 Å². The Balaban J connectivity index is 1.82. The van der Waals surface area contributed by atoms with E-state index in [2.05, 4.69) is 10.3 Å². The second-order valence-electron chi connectivity index (χ2n) is 6.63. The average Bonchev–Trinajstić information content (AvgIpc) is 3.24. The van der Waals surface area contributed by atoms with Gasteiger partial charge in [0.05, 0.1) is 24.0 Å². The molecule has 0 unspecified atom stereocenters. The van der Waals surface area contributed by atoms with E-state index in [0.717, 1.165) is 17.5 Å². The molecular formula is C21H24N4O3S. The Hall–Kier alpha value is -3.13. The van der Waals surface area contributed by atoms with E-state index in [0.29, 0.717) is 12.1 Å². The first-order valence-corrected chi connectivity index (χ1v) is 11.1. The Labute approximate surface area is 171 Å². The number of carbonyl (C=O) groups excluding carboxylic acids is 1. The molecule has 0 bridgehead atoms. The smallest absolute Gasteiger partial charge is 0.244 e. The van der Waals surface area contributed by atoms with Crippen LogP contribution in [-0.2, 0) is 21.4 Å². The minimum atomic E-state index is -3.64. The number of hydrogen-bond donors (Lipinski definition) is 1. The molecule has 3 aromatic rings. The van der Waals surface area contributed by atoms with Gasteiger partial charge in [0.2, 0.25) is 15.9 Å². The first-order chi connectivity index (χ1) is 13.9. The molecule has 0 aliphatic carbocycles. The molecule has 1 aromatic heterocycles. The lowest BCUT2D eigenvalue weighted by Crippen LogP contribution is -2.49. The molecule has 1 amide bonds. The number of nitrogens with one attached hydrogen (secondary N) is 1. The summed E-state index contributed by atoms with van der Waals surface area (Å²) in [7, 11) is -3.64. The second kappa shape index (κ2) is 8.91. The number of sulfonamides is 1. The quantitative estimate of drug-likeness (QED) is 0.617. The van der Waals surface area contributed by atoms with E-state index in [-0.39, 0.29) is 12.5 Å². The summed E-state index contributed by atoms with van der Waals surface area (Å²) >= 11 is 0. The van der Waals surface area contributed by atoms with Gasteiger partial charge < -0.3 is 9.88 Å². The molecule has 3 rings (SSSR count). The predicted molar refractivity (Wildman–Crippen MR) is 113 cm³/mol. The fraction of sp³-hybridized carbons (Fsp3) is 0.238. The SMILES string of the molecule is CC[C@@H](C(=O)NCc1ccccc1-n1ccnc1)N(c1ccccc1)S(C)(=O)=O. The molecule has 8 heteroatoms. The highest BCUT2D eigenvalue weighted by Gasteiger charge is 2.31. The van der Waals surface area contributed by atoms with E-state index in [1.54, 1.807) is 49.8 Å². The first-order valence-electron chi connectivity index (χ1n) is 9.30. The number of para-hydroxylation sites is 2. The van der Waals surface area contributed by atoms with Gasteiger partial charge in [0.25, 0.3) is 0 Å². The van der Waals surface area contributed by atoms with Crippen LogP contribution >= 0.6 is 0 Å². The van der Waals surface area contributed by atoms with Crippen molar-refractivity contribution in [3.63, 3.8) is 0 Å². The van der Waals surface area contributed by atoms with Crippen molar-refractivity contribution in [2.45, 2.75) is 25.9 Å². The van der Waals surface area contributed by atoms with Gasteiger partial charge in [0.15, 0.2) is 0 Å². The molecule has 0 aliphatic rings. The highest BCUT2D eigenvalue weighted by molar-refractivity contribution is 7.92. The molecular weight excluding hydrogens is 388 g/mol. The van der Waals surface area contributed by atoms with Gasteiger partial charge in [0, 0.05) is 18.9 Å². The molecule has 2 aromatic carbocycles. The van der Waals surface area contributed by atoms with Crippen LogP contribution in [0.15, 0.2) is 73.3 Å². The Morgan fingerprint density at radius 1 is 1.14 bits per heavy atom. The monoisotopic (exact) mass is 412 g/mol. The van der Waals surface area contributed by atoms with Crippen LogP contribution in [0.1, 0.15) is 18.9 Å². The zero-order valence-corrected chi connectivity index (χ0v) is 17.2. The molecule has 1 heterocycles. The molecule has 0 saturated carbocycles. The van der Waals surface area contributed by atoms with Gasteiger partial charge >= 0.3 is 0 Å². The predicted octanol–water partition coefficient (Wildman–Crippen LogP) is 2.73. The Bertz CT molecular complexity index is 1050. The lowest BCUT2D eigenvalue weighted by Gasteiger charge is -2.30. The lowest BCUT2D eigenvalue weighted by molar-refractivity contribution is -0.122. The summed E-state index contributed by atoms with van der Waals surface area (Å²) in [4.78, 5) is 17.0. The summed E-state index contributed by atoms with van der Waals surface area (Å²) in [6.07, 6.45) is 6.67. The highest BCUT2D eigenvalue weighted by Crippen LogP contribution is 2.22. The standard InChI is InChI=1S/C21H24N4O3S/c1-3-19(25(29(2,27)28)18-10-5-4-6-11-18)21(26)23-15-17-9-7-8-12-20(17)24-14-13-22-16-24/h4-14,16,19H,3,15H2,1-2H3,(H,23,26)/t19-/m0/s1. The number of rotatable bonds is 8. The zero-order valence-electron chi connectivity index (χ0n) is 16.4. The lowest BCUT2D eigenvalue weighted by atomic mass is 10.1. The number of carbonyl (C=O) groups is 1. The number of amides is 1. The van der Waals surface area contributed by atoms with Gasteiger partial charge in [-0.1, -0.05) is 43.3 Å². The van der Waals surface area contributed by atoms with Crippen molar-refractivity contribution in [3.05, 3.63) is 78.9 Å². The molecule has 0 aliphatic heterocycles. The van der Waals surface area contributed by atoms with Gasteiger partial charge in [-0.15, -0.1) is 0 Å². The minimum absolute atomic E-state index is 0.274. The van der Waals surface area contributed by atoms with Crippen LogP contribution in [-0.4, -0.2) is 36.2 Å². The van der Waals surface area contributed by atoms with E-state index < -0.39 is 16.1 Å². The second-order valence-corrected chi connectivity index (χ2v) is 8.49. The third kappa shape index (κ3) is 4.83. The number of imidazole rings is 1. The molecule has 0 fully saturated rings. The van der Waals surface area contributed by atoms with Crippen molar-refractivity contribution in [1.82, 2.24) is 14.9 Å². The van der Waals surface area contributed by atoms with Crippen LogP contribution in [0.5, 0.6) is 0 Å². The van der Waals surface area contributed by atoms with E-state index >= 15 is 0 Å². The first kappa shape index (κ1) is 20.6. The fourth-order valence-electron chi connectivity index (χ4n) is 3.25. The Kier molecular flexibility index (Phi) is 6.33. The molecule has 1 atom stereocenters. The zero-order chi connectivity index (χ0) is 20.9.